The number of unbranched alkanes of at least 4 members (excludes halogenated alkanes) is 1. The molecule has 1 N–H and O–H groups in total. The Balaban J connectivity index is 0.00000243. The third kappa shape index (κ3) is 4.95. The molecule has 4 nitrogen and oxygen atoms in total. The molecular formula is C21H31N3O. The Hall–Kier alpha value is -2.07. The average molecular weight is 341 g/mol. The van der Waals surface area contributed by atoms with E-state index in [0.29, 0.717) is 6.54 Å². The standard InChI is InChI=1S/C21H29N3O.H2/c1-2-3-11-23-12-6-13-24(15-14-23)21(25)22-17-18-9-10-19-7-4-5-8-20(19)16-18;/h4-5,7-10,16H,2-3,6,11-15,17H2,1H3,(H,22,25);1H. The summed E-state index contributed by atoms with van der Waals surface area (Å²) in [5.41, 5.74) is 1.14. The minimum absolute atomic E-state index is 0. The summed E-state index contributed by atoms with van der Waals surface area (Å²) in [6, 6.07) is 14.8. The summed E-state index contributed by atoms with van der Waals surface area (Å²) in [6.45, 7) is 7.74. The van der Waals surface area contributed by atoms with E-state index in [0.717, 1.165) is 44.7 Å². The molecule has 3 rings (SSSR count). The second-order valence-corrected chi connectivity index (χ2v) is 6.88. The highest BCUT2D eigenvalue weighted by molar-refractivity contribution is 5.83. The van der Waals surface area contributed by atoms with Crippen molar-refractivity contribution in [1.82, 2.24) is 15.1 Å². The van der Waals surface area contributed by atoms with Gasteiger partial charge in [0.15, 0.2) is 0 Å². The Morgan fingerprint density at radius 1 is 1.08 bits per heavy atom. The van der Waals surface area contributed by atoms with Crippen LogP contribution in [0.25, 0.3) is 10.8 Å². The first-order valence-electron chi connectivity index (χ1n) is 9.49. The zero-order valence-electron chi connectivity index (χ0n) is 15.2. The lowest BCUT2D eigenvalue weighted by atomic mass is 10.1. The molecule has 136 valence electrons. The zero-order chi connectivity index (χ0) is 17.5. The van der Waals surface area contributed by atoms with Crippen molar-refractivity contribution in [2.75, 3.05) is 32.7 Å². The van der Waals surface area contributed by atoms with Gasteiger partial charge in [0.2, 0.25) is 0 Å². The maximum absolute atomic E-state index is 12.5. The van der Waals surface area contributed by atoms with Crippen LogP contribution in [0.2, 0.25) is 0 Å². The van der Waals surface area contributed by atoms with Gasteiger partial charge in [-0.2, -0.15) is 0 Å². The lowest BCUT2D eigenvalue weighted by Crippen LogP contribution is -2.41. The lowest BCUT2D eigenvalue weighted by Gasteiger charge is -2.22. The number of fused-ring (bicyclic) bond motifs is 1. The monoisotopic (exact) mass is 341 g/mol. The quantitative estimate of drug-likeness (QED) is 0.888. The summed E-state index contributed by atoms with van der Waals surface area (Å²) in [6.07, 6.45) is 3.54. The third-order valence-electron chi connectivity index (χ3n) is 4.96. The topological polar surface area (TPSA) is 35.6 Å². The predicted octanol–water partition coefficient (Wildman–Crippen LogP) is 4.10. The fraction of sp³-hybridized carbons (Fsp3) is 0.476. The molecule has 0 unspecified atom stereocenters. The molecule has 1 aliphatic rings. The number of nitrogens with zero attached hydrogens (tertiary/aromatic N) is 2. The number of benzene rings is 2. The number of carbonyl (C=O) groups is 1. The van der Waals surface area contributed by atoms with Gasteiger partial charge in [-0.25, -0.2) is 4.79 Å². The highest BCUT2D eigenvalue weighted by atomic mass is 16.2. The van der Waals surface area contributed by atoms with Crippen LogP contribution in [-0.4, -0.2) is 48.6 Å². The number of rotatable bonds is 5. The number of hydrogen-bond acceptors (Lipinski definition) is 2. The Bertz CT molecular complexity index is 706. The summed E-state index contributed by atoms with van der Waals surface area (Å²) < 4.78 is 0. The molecule has 0 spiro atoms. The van der Waals surface area contributed by atoms with Gasteiger partial charge in [-0.1, -0.05) is 49.7 Å². The summed E-state index contributed by atoms with van der Waals surface area (Å²) in [5.74, 6) is 0. The molecule has 2 aromatic carbocycles. The fourth-order valence-electron chi connectivity index (χ4n) is 3.42. The molecule has 1 aliphatic heterocycles. The van der Waals surface area contributed by atoms with Crippen LogP contribution in [-0.2, 0) is 6.54 Å². The van der Waals surface area contributed by atoms with Gasteiger partial charge in [-0.3, -0.25) is 0 Å². The molecule has 4 heteroatoms. The second-order valence-electron chi connectivity index (χ2n) is 6.88. The van der Waals surface area contributed by atoms with Crippen LogP contribution in [0.1, 0.15) is 33.2 Å². The van der Waals surface area contributed by atoms with Crippen molar-refractivity contribution in [2.45, 2.75) is 32.7 Å². The van der Waals surface area contributed by atoms with E-state index in [9.17, 15) is 4.79 Å². The van der Waals surface area contributed by atoms with Gasteiger partial charge in [0, 0.05) is 27.6 Å². The molecule has 0 radical (unpaired) electrons. The smallest absolute Gasteiger partial charge is 0.317 e. The van der Waals surface area contributed by atoms with Crippen molar-refractivity contribution in [3.8, 4) is 0 Å². The van der Waals surface area contributed by atoms with Crippen LogP contribution in [0.4, 0.5) is 4.79 Å². The van der Waals surface area contributed by atoms with Crippen molar-refractivity contribution >= 4 is 16.8 Å². The maximum atomic E-state index is 12.5. The molecule has 0 bridgehead atoms. The summed E-state index contributed by atoms with van der Waals surface area (Å²) in [5, 5.41) is 5.54. The molecule has 1 fully saturated rings. The molecule has 0 atom stereocenters. The second kappa shape index (κ2) is 8.86. The van der Waals surface area contributed by atoms with Gasteiger partial charge >= 0.3 is 6.03 Å². The minimum Gasteiger partial charge on any atom is -0.334 e. The van der Waals surface area contributed by atoms with E-state index >= 15 is 0 Å². The van der Waals surface area contributed by atoms with E-state index in [2.05, 4.69) is 47.5 Å². The van der Waals surface area contributed by atoms with E-state index < -0.39 is 0 Å². The van der Waals surface area contributed by atoms with Crippen LogP contribution in [0.5, 0.6) is 0 Å². The lowest BCUT2D eigenvalue weighted by molar-refractivity contribution is 0.197. The number of nitrogens with one attached hydrogen (secondary N) is 1. The summed E-state index contributed by atoms with van der Waals surface area (Å²) in [4.78, 5) is 17.0. The van der Waals surface area contributed by atoms with Crippen LogP contribution in [0.15, 0.2) is 42.5 Å². The molecule has 1 saturated heterocycles. The van der Waals surface area contributed by atoms with Crippen molar-refractivity contribution in [1.29, 1.82) is 0 Å². The van der Waals surface area contributed by atoms with Crippen LogP contribution < -0.4 is 5.32 Å². The molecular weight excluding hydrogens is 310 g/mol. The predicted molar refractivity (Wildman–Crippen MR) is 106 cm³/mol. The largest absolute Gasteiger partial charge is 0.334 e. The summed E-state index contributed by atoms with van der Waals surface area (Å²) in [7, 11) is 0. The molecule has 1 heterocycles. The number of carbonyl (C=O) groups excluding carboxylic acids is 1. The van der Waals surface area contributed by atoms with Crippen LogP contribution in [0, 0.1) is 0 Å². The SMILES string of the molecule is CCCCN1CCCN(C(=O)NCc2ccc3ccccc3c2)CC1.[HH]. The first-order chi connectivity index (χ1) is 12.3. The third-order valence-corrected chi connectivity index (χ3v) is 4.96. The highest BCUT2D eigenvalue weighted by Crippen LogP contribution is 2.15. The Labute approximate surface area is 152 Å². The number of urea groups is 1. The molecule has 0 aliphatic carbocycles. The Morgan fingerprint density at radius 3 is 2.76 bits per heavy atom. The maximum Gasteiger partial charge on any atom is 0.317 e. The van der Waals surface area contributed by atoms with Crippen molar-refractivity contribution in [3.63, 3.8) is 0 Å². The molecule has 25 heavy (non-hydrogen) atoms. The van der Waals surface area contributed by atoms with Gasteiger partial charge in [0.25, 0.3) is 0 Å². The van der Waals surface area contributed by atoms with Crippen LogP contribution >= 0.6 is 0 Å². The van der Waals surface area contributed by atoms with E-state index in [-0.39, 0.29) is 7.46 Å². The molecule has 2 amide bonds. The first kappa shape index (κ1) is 17.7. The van der Waals surface area contributed by atoms with Crippen molar-refractivity contribution in [3.05, 3.63) is 48.0 Å². The van der Waals surface area contributed by atoms with Gasteiger partial charge in [0.1, 0.15) is 0 Å². The Kier molecular flexibility index (Phi) is 6.29. The average Bonchev–Trinajstić information content (AvgIpc) is 2.90. The molecule has 0 saturated carbocycles. The number of amides is 2. The van der Waals surface area contributed by atoms with Crippen molar-refractivity contribution in [2.24, 2.45) is 0 Å². The van der Waals surface area contributed by atoms with E-state index in [1.54, 1.807) is 0 Å². The minimum atomic E-state index is 0. The van der Waals surface area contributed by atoms with E-state index in [1.165, 1.54) is 23.6 Å². The van der Waals surface area contributed by atoms with E-state index in [1.807, 2.05) is 17.0 Å². The fourth-order valence-corrected chi connectivity index (χ4v) is 3.42. The van der Waals surface area contributed by atoms with Gasteiger partial charge in [-0.15, -0.1) is 0 Å². The van der Waals surface area contributed by atoms with Crippen molar-refractivity contribution < 1.29 is 6.22 Å². The number of hydrogen-bond donors (Lipinski definition) is 1. The molecule has 0 aromatic heterocycles. The van der Waals surface area contributed by atoms with E-state index in [4.69, 9.17) is 0 Å². The first-order valence-corrected chi connectivity index (χ1v) is 9.49. The normalized spacial score (nSPS) is 16.0. The van der Waals surface area contributed by atoms with Gasteiger partial charge in [-0.05, 0) is 48.3 Å². The van der Waals surface area contributed by atoms with Gasteiger partial charge in [0.05, 0.1) is 0 Å². The van der Waals surface area contributed by atoms with Gasteiger partial charge < -0.3 is 15.1 Å². The zero-order valence-corrected chi connectivity index (χ0v) is 15.2. The molecule has 2 aromatic rings. The highest BCUT2D eigenvalue weighted by Gasteiger charge is 2.18. The van der Waals surface area contributed by atoms with Crippen LogP contribution in [0.3, 0.4) is 0 Å². The summed E-state index contributed by atoms with van der Waals surface area (Å²) >= 11 is 0. The Morgan fingerprint density at radius 2 is 1.92 bits per heavy atom.